The molecule has 0 saturated carbocycles. The Bertz CT molecular complexity index is 124. The van der Waals surface area contributed by atoms with Crippen LogP contribution in [0.25, 0.3) is 0 Å². The number of unbranched alkanes of at least 4 members (excludes halogenated alkanes) is 15. The molecular formula is C20H43ClTi. The van der Waals surface area contributed by atoms with Gasteiger partial charge in [-0.05, 0) is 0 Å². The standard InChI is InChI=1S/C18H37.2CH3.ClH.Ti/c1-3-5-7-9-11-13-15-17-18-16-14-12-10-8-6-4-2;;;;/h1,3-18H2,2H3;2*1H3;1H;/q3*-1;;+4/p-1. The van der Waals surface area contributed by atoms with Gasteiger partial charge in [0.1, 0.15) is 0 Å². The van der Waals surface area contributed by atoms with Gasteiger partial charge in [-0.15, -0.1) is 0 Å². The van der Waals surface area contributed by atoms with E-state index in [1.807, 2.05) is 0 Å². The van der Waals surface area contributed by atoms with Crippen molar-refractivity contribution in [3.05, 3.63) is 21.8 Å². The van der Waals surface area contributed by atoms with Gasteiger partial charge in [-0.25, -0.2) is 0 Å². The molecule has 0 aromatic carbocycles. The van der Waals surface area contributed by atoms with Gasteiger partial charge in [0, 0.05) is 0 Å². The second kappa shape index (κ2) is 33.6. The molecule has 0 aliphatic heterocycles. The second-order valence-corrected chi connectivity index (χ2v) is 5.80. The molecule has 0 saturated heterocycles. The van der Waals surface area contributed by atoms with E-state index in [-0.39, 0.29) is 14.9 Å². The van der Waals surface area contributed by atoms with Crippen LogP contribution in [0.15, 0.2) is 0 Å². The topological polar surface area (TPSA) is 0 Å². The van der Waals surface area contributed by atoms with Gasteiger partial charge in [-0.1, -0.05) is 103 Å². The van der Waals surface area contributed by atoms with Gasteiger partial charge in [0.05, 0.1) is 0 Å². The van der Waals surface area contributed by atoms with Crippen LogP contribution in [-0.4, -0.2) is 0 Å². The molecule has 0 radical (unpaired) electrons. The summed E-state index contributed by atoms with van der Waals surface area (Å²) in [6, 6.07) is 0. The summed E-state index contributed by atoms with van der Waals surface area (Å²) in [6.45, 7) is 6.18. The van der Waals surface area contributed by atoms with Gasteiger partial charge in [0.15, 0.2) is 0 Å². The molecule has 0 rings (SSSR count). The molecule has 2 heteroatoms. The first kappa shape index (κ1) is 30.8. The molecule has 0 N–H and O–H groups in total. The molecule has 0 nitrogen and oxygen atoms in total. The molecule has 0 aliphatic rings. The molecule has 0 fully saturated rings. The van der Waals surface area contributed by atoms with Crippen LogP contribution in [-0.2, 0) is 19.4 Å². The van der Waals surface area contributed by atoms with E-state index in [0.717, 1.165) is 6.42 Å². The first-order chi connectivity index (χ1) is 9.91. The predicted molar refractivity (Wildman–Crippen MR) is 104 cm³/mol. The summed E-state index contributed by atoms with van der Waals surface area (Å²) in [5.74, 6) is 0. The molecule has 0 amide bonds. The van der Waals surface area contributed by atoms with Gasteiger partial charge in [0.2, 0.25) is 0 Å². The maximum atomic E-state index is 4.64. The van der Waals surface area contributed by atoms with Gasteiger partial charge >= 0.3 is 28.7 Å². The molecule has 0 atom stereocenters. The molecule has 0 aliphatic carbocycles. The summed E-state index contributed by atoms with van der Waals surface area (Å²) >= 11 is 1.47. The van der Waals surface area contributed by atoms with Crippen LogP contribution in [0.3, 0.4) is 0 Å². The minimum atomic E-state index is 0. The Morgan fingerprint density at radius 2 is 0.773 bits per heavy atom. The Hall–Kier alpha value is 1.00. The van der Waals surface area contributed by atoms with Crippen molar-refractivity contribution in [2.75, 3.05) is 0 Å². The fraction of sp³-hybridized carbons (Fsp3) is 0.850. The Morgan fingerprint density at radius 1 is 0.545 bits per heavy atom. The van der Waals surface area contributed by atoms with E-state index in [2.05, 4.69) is 23.2 Å². The Balaban J connectivity index is -0.000000387. The number of rotatable bonds is 15. The zero-order valence-electron chi connectivity index (χ0n) is 15.9. The van der Waals surface area contributed by atoms with Crippen molar-refractivity contribution in [3.8, 4) is 0 Å². The summed E-state index contributed by atoms with van der Waals surface area (Å²) in [7, 11) is 4.64. The molecule has 134 valence electrons. The zero-order chi connectivity index (χ0) is 15.3. The van der Waals surface area contributed by atoms with Crippen LogP contribution in [0.1, 0.15) is 110 Å². The minimum absolute atomic E-state index is 0. The van der Waals surface area contributed by atoms with E-state index in [9.17, 15) is 0 Å². The van der Waals surface area contributed by atoms with E-state index in [0.29, 0.717) is 0 Å². The maximum absolute atomic E-state index is 4.64. The molecule has 0 aromatic rings. The first-order valence-electron chi connectivity index (χ1n) is 8.90. The number of halogens is 1. The monoisotopic (exact) mass is 366 g/mol. The van der Waals surface area contributed by atoms with Crippen molar-refractivity contribution in [1.29, 1.82) is 0 Å². The third-order valence-electron chi connectivity index (χ3n) is 3.85. The Kier molecular flexibility index (Phi) is 47.1. The van der Waals surface area contributed by atoms with Crippen LogP contribution in [0.2, 0.25) is 0 Å². The SMILES string of the molecule is [CH2-]CCCCCCCCCCCCCCCCC.[CH3-].[CH3-].[Cl][Ti+3]. The normalized spacial score (nSPS) is 9.32. The summed E-state index contributed by atoms with van der Waals surface area (Å²) in [5, 5.41) is 0. The van der Waals surface area contributed by atoms with E-state index in [1.54, 1.807) is 0 Å². The van der Waals surface area contributed by atoms with Crippen molar-refractivity contribution < 1.29 is 19.4 Å². The fourth-order valence-corrected chi connectivity index (χ4v) is 2.55. The van der Waals surface area contributed by atoms with Crippen molar-refractivity contribution in [1.82, 2.24) is 0 Å². The fourth-order valence-electron chi connectivity index (χ4n) is 2.55. The van der Waals surface area contributed by atoms with Gasteiger partial charge in [-0.3, -0.25) is 0 Å². The van der Waals surface area contributed by atoms with Crippen LogP contribution >= 0.6 is 9.30 Å². The van der Waals surface area contributed by atoms with Crippen LogP contribution in [0.4, 0.5) is 0 Å². The van der Waals surface area contributed by atoms with Crippen molar-refractivity contribution in [2.24, 2.45) is 0 Å². The molecular weight excluding hydrogens is 324 g/mol. The molecule has 0 bridgehead atoms. The average molecular weight is 367 g/mol. The third-order valence-corrected chi connectivity index (χ3v) is 3.85. The van der Waals surface area contributed by atoms with E-state index < -0.39 is 0 Å². The summed E-state index contributed by atoms with van der Waals surface area (Å²) in [5.41, 5.74) is 0. The summed E-state index contributed by atoms with van der Waals surface area (Å²) in [4.78, 5) is 0. The van der Waals surface area contributed by atoms with E-state index >= 15 is 0 Å². The third kappa shape index (κ3) is 32.8. The summed E-state index contributed by atoms with van der Waals surface area (Å²) in [6.07, 6.45) is 22.8. The molecule has 0 heterocycles. The zero-order valence-corrected chi connectivity index (χ0v) is 18.2. The Labute approximate surface area is 159 Å². The number of hydrogen-bond acceptors (Lipinski definition) is 0. The van der Waals surface area contributed by atoms with Crippen molar-refractivity contribution >= 4 is 9.30 Å². The molecule has 0 aromatic heterocycles. The van der Waals surface area contributed by atoms with E-state index in [1.165, 1.54) is 116 Å². The average Bonchev–Trinajstić information content (AvgIpc) is 2.50. The first-order valence-corrected chi connectivity index (χ1v) is 11.0. The molecule has 0 unspecified atom stereocenters. The van der Waals surface area contributed by atoms with Crippen LogP contribution < -0.4 is 0 Å². The van der Waals surface area contributed by atoms with Crippen molar-refractivity contribution in [2.45, 2.75) is 110 Å². The summed E-state index contributed by atoms with van der Waals surface area (Å²) < 4.78 is 0. The predicted octanol–water partition coefficient (Wildman–Crippen LogP) is 8.67. The second-order valence-electron chi connectivity index (χ2n) is 5.80. The van der Waals surface area contributed by atoms with Gasteiger partial charge in [0.25, 0.3) is 0 Å². The van der Waals surface area contributed by atoms with E-state index in [4.69, 9.17) is 0 Å². The van der Waals surface area contributed by atoms with Gasteiger partial charge in [-0.2, -0.15) is 6.42 Å². The quantitative estimate of drug-likeness (QED) is 0.154. The van der Waals surface area contributed by atoms with Gasteiger partial charge < -0.3 is 21.8 Å². The molecule has 22 heavy (non-hydrogen) atoms. The number of hydrogen-bond donors (Lipinski definition) is 0. The Morgan fingerprint density at radius 3 is 1.00 bits per heavy atom. The van der Waals surface area contributed by atoms with Crippen molar-refractivity contribution in [3.63, 3.8) is 0 Å². The van der Waals surface area contributed by atoms with Crippen LogP contribution in [0.5, 0.6) is 0 Å². The molecule has 0 spiro atoms. The van der Waals surface area contributed by atoms with Crippen LogP contribution in [0, 0.1) is 21.8 Å².